The number of aliphatic hydroxyl groups excluding tert-OH is 5. The van der Waals surface area contributed by atoms with Crippen molar-refractivity contribution < 1.29 is 44.5 Å². The maximum absolute atomic E-state index is 11.3. The van der Waals surface area contributed by atoms with Gasteiger partial charge in [-0.25, -0.2) is 0 Å². The maximum atomic E-state index is 11.3. The first-order valence-corrected chi connectivity index (χ1v) is 13.4. The Bertz CT molecular complexity index is 857. The summed E-state index contributed by atoms with van der Waals surface area (Å²) in [6, 6.07) is 0. The molecular formula is C28H46O9. The SMILES string of the molecule is CC(=O)OC[C@H]1O[C@@H](O[C@H]2C[C@@H](C)[C@](C)(CC/C(=C/CO)CO)[C@H]3CCC=C(C)[C@]23C)[C@H](O)[C@@H](O)[C@@H]1O. The molecular weight excluding hydrogens is 480 g/mol. The van der Waals surface area contributed by atoms with Gasteiger partial charge in [-0.3, -0.25) is 4.79 Å². The molecule has 9 nitrogen and oxygen atoms in total. The van der Waals surface area contributed by atoms with Crippen LogP contribution in [0.3, 0.4) is 0 Å². The number of hydrogen-bond acceptors (Lipinski definition) is 9. The van der Waals surface area contributed by atoms with Crippen molar-refractivity contribution in [2.24, 2.45) is 22.7 Å². The normalized spacial score (nSPS) is 42.6. The van der Waals surface area contributed by atoms with Crippen molar-refractivity contribution >= 4 is 5.97 Å². The molecule has 2 aliphatic carbocycles. The Hall–Kier alpha value is -1.33. The molecule has 0 amide bonds. The lowest BCUT2D eigenvalue weighted by Crippen LogP contribution is -2.63. The van der Waals surface area contributed by atoms with Crippen LogP contribution in [0.5, 0.6) is 0 Å². The Morgan fingerprint density at radius 1 is 1.19 bits per heavy atom. The molecule has 0 radical (unpaired) electrons. The van der Waals surface area contributed by atoms with Crippen molar-refractivity contribution in [1.82, 2.24) is 0 Å². The van der Waals surface area contributed by atoms with Gasteiger partial charge in [-0.05, 0) is 61.9 Å². The van der Waals surface area contributed by atoms with Gasteiger partial charge in [-0.2, -0.15) is 0 Å². The molecule has 3 aliphatic rings. The predicted molar refractivity (Wildman–Crippen MR) is 136 cm³/mol. The first-order valence-electron chi connectivity index (χ1n) is 13.4. The van der Waals surface area contributed by atoms with Crippen molar-refractivity contribution in [3.8, 4) is 0 Å². The molecule has 0 aromatic rings. The van der Waals surface area contributed by atoms with E-state index in [4.69, 9.17) is 14.2 Å². The molecule has 0 spiro atoms. The standard InChI is InChI=1S/C28H46O9/c1-16-7-6-8-21-27(4,11-9-19(14-30)10-12-29)17(2)13-22(28(16,21)5)37-26-25(34)24(33)23(32)20(36-26)15-35-18(3)31/h7,10,17,20-26,29-30,32-34H,6,8-9,11-15H2,1-5H3/b19-10-/t17-,20-,21-,22+,23-,24+,25-,26+,27+,28+/m1/s1. The second-order valence-corrected chi connectivity index (χ2v) is 11.6. The van der Waals surface area contributed by atoms with E-state index in [2.05, 4.69) is 33.8 Å². The molecule has 9 heteroatoms. The third kappa shape index (κ3) is 5.98. The monoisotopic (exact) mass is 526 g/mol. The van der Waals surface area contributed by atoms with Crippen LogP contribution in [0.2, 0.25) is 0 Å². The summed E-state index contributed by atoms with van der Waals surface area (Å²) in [5, 5.41) is 50.6. The minimum Gasteiger partial charge on any atom is -0.463 e. The highest BCUT2D eigenvalue weighted by atomic mass is 16.7. The third-order valence-electron chi connectivity index (χ3n) is 9.62. The quantitative estimate of drug-likeness (QED) is 0.224. The van der Waals surface area contributed by atoms with Crippen LogP contribution in [-0.4, -0.2) is 88.1 Å². The fourth-order valence-corrected chi connectivity index (χ4v) is 6.88. The summed E-state index contributed by atoms with van der Waals surface area (Å²) >= 11 is 0. The number of aliphatic hydroxyl groups is 5. The molecule has 1 saturated heterocycles. The van der Waals surface area contributed by atoms with Crippen molar-refractivity contribution in [2.75, 3.05) is 19.8 Å². The van der Waals surface area contributed by atoms with Gasteiger partial charge in [-0.15, -0.1) is 0 Å². The minimum atomic E-state index is -1.51. The fraction of sp³-hybridized carbons (Fsp3) is 0.821. The number of allylic oxidation sites excluding steroid dienone is 1. The van der Waals surface area contributed by atoms with E-state index >= 15 is 0 Å². The summed E-state index contributed by atoms with van der Waals surface area (Å²) in [5.74, 6) is -0.0460. The summed E-state index contributed by atoms with van der Waals surface area (Å²) in [5.41, 5.74) is 1.62. The van der Waals surface area contributed by atoms with E-state index in [0.717, 1.165) is 24.8 Å². The Labute approximate surface area is 220 Å². The summed E-state index contributed by atoms with van der Waals surface area (Å²) in [6.45, 7) is 9.66. The molecule has 0 aromatic carbocycles. The number of rotatable bonds is 9. The van der Waals surface area contributed by atoms with Crippen LogP contribution in [0.25, 0.3) is 0 Å². The number of hydrogen-bond donors (Lipinski definition) is 5. The summed E-state index contributed by atoms with van der Waals surface area (Å²) < 4.78 is 17.3. The minimum absolute atomic E-state index is 0.0620. The zero-order valence-corrected chi connectivity index (χ0v) is 22.8. The number of carbonyl (C=O) groups excluding carboxylic acids is 1. The molecule has 1 saturated carbocycles. The highest BCUT2D eigenvalue weighted by Crippen LogP contribution is 2.63. The highest BCUT2D eigenvalue weighted by Gasteiger charge is 2.59. The zero-order chi connectivity index (χ0) is 27.5. The summed E-state index contributed by atoms with van der Waals surface area (Å²) in [6.07, 6.45) is 1.17. The van der Waals surface area contributed by atoms with Crippen molar-refractivity contribution in [3.05, 3.63) is 23.3 Å². The average Bonchev–Trinajstić information content (AvgIpc) is 2.86. The van der Waals surface area contributed by atoms with Gasteiger partial charge in [0.05, 0.1) is 19.3 Å². The first kappa shape index (κ1) is 30.2. The largest absolute Gasteiger partial charge is 0.463 e. The van der Waals surface area contributed by atoms with Gasteiger partial charge in [0.2, 0.25) is 0 Å². The van der Waals surface area contributed by atoms with Crippen LogP contribution in [0.1, 0.15) is 66.7 Å². The predicted octanol–water partition coefficient (Wildman–Crippen LogP) is 1.84. The van der Waals surface area contributed by atoms with E-state index in [1.807, 2.05) is 0 Å². The van der Waals surface area contributed by atoms with Gasteiger partial charge in [-0.1, -0.05) is 38.5 Å². The third-order valence-corrected chi connectivity index (χ3v) is 9.62. The van der Waals surface area contributed by atoms with Crippen LogP contribution in [0.15, 0.2) is 23.3 Å². The van der Waals surface area contributed by atoms with Crippen molar-refractivity contribution in [1.29, 1.82) is 0 Å². The molecule has 0 aromatic heterocycles. The van der Waals surface area contributed by atoms with E-state index in [0.29, 0.717) is 12.8 Å². The lowest BCUT2D eigenvalue weighted by atomic mass is 9.46. The Balaban J connectivity index is 1.86. The van der Waals surface area contributed by atoms with E-state index < -0.39 is 36.7 Å². The van der Waals surface area contributed by atoms with E-state index in [1.54, 1.807) is 6.08 Å². The molecule has 212 valence electrons. The Morgan fingerprint density at radius 3 is 2.51 bits per heavy atom. The fourth-order valence-electron chi connectivity index (χ4n) is 6.88. The van der Waals surface area contributed by atoms with Gasteiger partial charge >= 0.3 is 5.97 Å². The molecule has 0 bridgehead atoms. The van der Waals surface area contributed by atoms with Crippen LogP contribution in [-0.2, 0) is 19.0 Å². The van der Waals surface area contributed by atoms with Crippen molar-refractivity contribution in [3.63, 3.8) is 0 Å². The molecule has 1 heterocycles. The second kappa shape index (κ2) is 12.2. The average molecular weight is 527 g/mol. The molecule has 0 unspecified atom stereocenters. The first-order chi connectivity index (χ1) is 17.4. The molecule has 37 heavy (non-hydrogen) atoms. The summed E-state index contributed by atoms with van der Waals surface area (Å²) in [4.78, 5) is 11.3. The van der Waals surface area contributed by atoms with Crippen molar-refractivity contribution in [2.45, 2.75) is 104 Å². The van der Waals surface area contributed by atoms with Gasteiger partial charge < -0.3 is 39.7 Å². The van der Waals surface area contributed by atoms with Gasteiger partial charge in [0.1, 0.15) is 31.0 Å². The van der Waals surface area contributed by atoms with Crippen LogP contribution in [0, 0.1) is 22.7 Å². The second-order valence-electron chi connectivity index (χ2n) is 11.6. The van der Waals surface area contributed by atoms with Gasteiger partial charge in [0, 0.05) is 12.3 Å². The van der Waals surface area contributed by atoms with Crippen LogP contribution in [0.4, 0.5) is 0 Å². The number of carbonyl (C=O) groups is 1. The Kier molecular flexibility index (Phi) is 9.99. The molecule has 3 rings (SSSR count). The number of fused-ring (bicyclic) bond motifs is 1. The van der Waals surface area contributed by atoms with Crippen LogP contribution < -0.4 is 0 Å². The van der Waals surface area contributed by atoms with Gasteiger partial charge in [0.25, 0.3) is 0 Å². The Morgan fingerprint density at radius 2 is 1.89 bits per heavy atom. The molecule has 10 atom stereocenters. The highest BCUT2D eigenvalue weighted by molar-refractivity contribution is 5.65. The van der Waals surface area contributed by atoms with E-state index in [-0.39, 0.29) is 48.6 Å². The number of esters is 1. The zero-order valence-electron chi connectivity index (χ0n) is 22.8. The molecule has 5 N–H and O–H groups in total. The van der Waals surface area contributed by atoms with Gasteiger partial charge in [0.15, 0.2) is 6.29 Å². The lowest BCUT2D eigenvalue weighted by Gasteiger charge is -2.61. The van der Waals surface area contributed by atoms with E-state index in [9.17, 15) is 30.3 Å². The smallest absolute Gasteiger partial charge is 0.302 e. The number of ether oxygens (including phenoxy) is 3. The lowest BCUT2D eigenvalue weighted by molar-refractivity contribution is -0.327. The topological polar surface area (TPSA) is 146 Å². The van der Waals surface area contributed by atoms with E-state index in [1.165, 1.54) is 12.5 Å². The molecule has 1 aliphatic heterocycles. The summed E-state index contributed by atoms with van der Waals surface area (Å²) in [7, 11) is 0. The molecule has 2 fully saturated rings. The van der Waals surface area contributed by atoms with Crippen LogP contribution >= 0.6 is 0 Å². The maximum Gasteiger partial charge on any atom is 0.302 e.